The molecule has 0 spiro atoms. The van der Waals surface area contributed by atoms with Crippen molar-refractivity contribution in [2.24, 2.45) is 11.8 Å². The highest BCUT2D eigenvalue weighted by molar-refractivity contribution is 9.10. The second kappa shape index (κ2) is 9.76. The first-order chi connectivity index (χ1) is 14.4. The van der Waals surface area contributed by atoms with Crippen LogP contribution in [-0.4, -0.2) is 47.1 Å². The molecule has 3 unspecified atom stereocenters. The minimum atomic E-state index is -0.519. The molecule has 3 atom stereocenters. The number of halogens is 1. The Hall–Kier alpha value is -2.86. The zero-order valence-electron chi connectivity index (χ0n) is 16.9. The third-order valence-corrected chi connectivity index (χ3v) is 5.70. The summed E-state index contributed by atoms with van der Waals surface area (Å²) < 4.78 is 5.55. The molecule has 1 aliphatic rings. The summed E-state index contributed by atoms with van der Waals surface area (Å²) in [6.45, 7) is 2.61. The van der Waals surface area contributed by atoms with Crippen LogP contribution in [0.1, 0.15) is 31.6 Å². The molecule has 2 aromatic rings. The van der Waals surface area contributed by atoms with Gasteiger partial charge in [-0.2, -0.15) is 5.26 Å². The van der Waals surface area contributed by atoms with Crippen molar-refractivity contribution in [3.8, 4) is 17.3 Å². The van der Waals surface area contributed by atoms with E-state index in [0.29, 0.717) is 25.3 Å². The van der Waals surface area contributed by atoms with Crippen LogP contribution >= 0.6 is 15.9 Å². The van der Waals surface area contributed by atoms with Crippen molar-refractivity contribution in [1.29, 1.82) is 5.26 Å². The van der Waals surface area contributed by atoms with Gasteiger partial charge in [-0.3, -0.25) is 4.79 Å². The largest absolute Gasteiger partial charge is 0.453 e. The molecular weight excluding hydrogens is 450 g/mol. The molecule has 158 valence electrons. The summed E-state index contributed by atoms with van der Waals surface area (Å²) >= 11 is 3.43. The summed E-state index contributed by atoms with van der Waals surface area (Å²) in [5.41, 5.74) is 1.85. The molecule has 8 nitrogen and oxygen atoms in total. The standard InChI is InChI=1S/C21H24BrN5O3/c1-13(10-25-21(29)30-2)7-19(28)27-12-14(9-23)8-18(27)20-24-11-17(26-20)15-3-5-16(22)6-4-15/h3-6,11,13-14,18H,7-8,10,12H2,1-2H3,(H,24,26)(H,25,29). The van der Waals surface area contributed by atoms with E-state index in [-0.39, 0.29) is 30.2 Å². The van der Waals surface area contributed by atoms with Gasteiger partial charge in [0.15, 0.2) is 0 Å². The number of methoxy groups -OCH3 is 1. The molecule has 0 bridgehead atoms. The van der Waals surface area contributed by atoms with E-state index in [4.69, 9.17) is 0 Å². The zero-order chi connectivity index (χ0) is 21.7. The summed E-state index contributed by atoms with van der Waals surface area (Å²) in [5, 5.41) is 12.0. The van der Waals surface area contributed by atoms with E-state index >= 15 is 0 Å². The molecule has 30 heavy (non-hydrogen) atoms. The van der Waals surface area contributed by atoms with E-state index in [1.54, 1.807) is 11.1 Å². The Labute approximate surface area is 183 Å². The molecule has 9 heteroatoms. The normalized spacial score (nSPS) is 19.2. The number of H-pyrrole nitrogens is 1. The van der Waals surface area contributed by atoms with Crippen molar-refractivity contribution in [3.05, 3.63) is 40.8 Å². The van der Waals surface area contributed by atoms with Gasteiger partial charge in [-0.1, -0.05) is 35.0 Å². The predicted octanol–water partition coefficient (Wildman–Crippen LogP) is 3.63. The van der Waals surface area contributed by atoms with Crippen LogP contribution < -0.4 is 5.32 Å². The van der Waals surface area contributed by atoms with Gasteiger partial charge >= 0.3 is 6.09 Å². The zero-order valence-corrected chi connectivity index (χ0v) is 18.5. The number of likely N-dealkylation sites (tertiary alicyclic amines) is 1. The highest BCUT2D eigenvalue weighted by atomic mass is 79.9. The lowest BCUT2D eigenvalue weighted by Gasteiger charge is -2.24. The van der Waals surface area contributed by atoms with Gasteiger partial charge in [0.2, 0.25) is 5.91 Å². The number of nitriles is 1. The van der Waals surface area contributed by atoms with E-state index in [9.17, 15) is 14.9 Å². The molecule has 1 aliphatic heterocycles. The first-order valence-electron chi connectivity index (χ1n) is 9.73. The molecule has 1 fully saturated rings. The number of carbonyl (C=O) groups is 2. The number of benzene rings is 1. The summed E-state index contributed by atoms with van der Waals surface area (Å²) in [6, 6.07) is 9.88. The second-order valence-electron chi connectivity index (χ2n) is 7.49. The third-order valence-electron chi connectivity index (χ3n) is 5.17. The fraction of sp³-hybridized carbons (Fsp3) is 0.429. The molecular formula is C21H24BrN5O3. The van der Waals surface area contributed by atoms with Crippen LogP contribution in [0.2, 0.25) is 0 Å². The molecule has 1 aromatic carbocycles. The summed E-state index contributed by atoms with van der Waals surface area (Å²) in [5.74, 6) is 0.329. The van der Waals surface area contributed by atoms with Crippen LogP contribution in [-0.2, 0) is 9.53 Å². The highest BCUT2D eigenvalue weighted by Gasteiger charge is 2.38. The molecule has 2 heterocycles. The number of aromatic amines is 1. The smallest absolute Gasteiger partial charge is 0.406 e. The summed E-state index contributed by atoms with van der Waals surface area (Å²) in [7, 11) is 1.30. The van der Waals surface area contributed by atoms with Crippen LogP contribution in [0.15, 0.2) is 34.9 Å². The molecule has 2 amide bonds. The van der Waals surface area contributed by atoms with Gasteiger partial charge in [-0.15, -0.1) is 0 Å². The average Bonchev–Trinajstić information content (AvgIpc) is 3.39. The SMILES string of the molecule is COC(=O)NCC(C)CC(=O)N1CC(C#N)CC1c1ncc(-c2ccc(Br)cc2)[nH]1. The second-order valence-corrected chi connectivity index (χ2v) is 8.41. The third kappa shape index (κ3) is 5.19. The van der Waals surface area contributed by atoms with Crippen LogP contribution in [0.4, 0.5) is 4.79 Å². The van der Waals surface area contributed by atoms with Gasteiger partial charge in [0.05, 0.1) is 37.0 Å². The average molecular weight is 474 g/mol. The molecule has 1 saturated heterocycles. The lowest BCUT2D eigenvalue weighted by Crippen LogP contribution is -2.35. The van der Waals surface area contributed by atoms with Crippen molar-refractivity contribution in [3.63, 3.8) is 0 Å². The number of hydrogen-bond donors (Lipinski definition) is 2. The molecule has 1 aromatic heterocycles. The Morgan fingerprint density at radius 3 is 2.83 bits per heavy atom. The van der Waals surface area contributed by atoms with E-state index in [0.717, 1.165) is 15.7 Å². The van der Waals surface area contributed by atoms with E-state index in [2.05, 4.69) is 42.0 Å². The van der Waals surface area contributed by atoms with Crippen molar-refractivity contribution in [2.45, 2.75) is 25.8 Å². The van der Waals surface area contributed by atoms with Crippen LogP contribution in [0.5, 0.6) is 0 Å². The van der Waals surface area contributed by atoms with Gasteiger partial charge in [0, 0.05) is 24.0 Å². The first-order valence-corrected chi connectivity index (χ1v) is 10.5. The van der Waals surface area contributed by atoms with Crippen molar-refractivity contribution < 1.29 is 14.3 Å². The molecule has 0 saturated carbocycles. The maximum absolute atomic E-state index is 13.0. The lowest BCUT2D eigenvalue weighted by atomic mass is 10.1. The number of nitrogens with one attached hydrogen (secondary N) is 2. The predicted molar refractivity (Wildman–Crippen MR) is 114 cm³/mol. The van der Waals surface area contributed by atoms with Crippen LogP contribution in [0.3, 0.4) is 0 Å². The van der Waals surface area contributed by atoms with E-state index in [1.807, 2.05) is 31.2 Å². The van der Waals surface area contributed by atoms with Gasteiger partial charge < -0.3 is 19.9 Å². The number of rotatable bonds is 6. The lowest BCUT2D eigenvalue weighted by molar-refractivity contribution is -0.133. The maximum atomic E-state index is 13.0. The number of amides is 2. The Bertz CT molecular complexity index is 937. The molecule has 3 rings (SSSR count). The maximum Gasteiger partial charge on any atom is 0.406 e. The molecule has 0 radical (unpaired) electrons. The van der Waals surface area contributed by atoms with Crippen molar-refractivity contribution in [2.75, 3.05) is 20.2 Å². The van der Waals surface area contributed by atoms with Crippen molar-refractivity contribution >= 4 is 27.9 Å². The fourth-order valence-corrected chi connectivity index (χ4v) is 3.83. The summed E-state index contributed by atoms with van der Waals surface area (Å²) in [4.78, 5) is 33.7. The van der Waals surface area contributed by atoms with E-state index in [1.165, 1.54) is 7.11 Å². The fourth-order valence-electron chi connectivity index (χ4n) is 3.56. The van der Waals surface area contributed by atoms with Crippen molar-refractivity contribution in [1.82, 2.24) is 20.2 Å². The Morgan fingerprint density at radius 2 is 2.17 bits per heavy atom. The number of ether oxygens (including phenoxy) is 1. The number of hydrogen-bond acceptors (Lipinski definition) is 5. The Balaban J connectivity index is 1.71. The molecule has 0 aliphatic carbocycles. The van der Waals surface area contributed by atoms with Gasteiger partial charge in [0.25, 0.3) is 0 Å². The monoisotopic (exact) mass is 473 g/mol. The number of nitrogens with zero attached hydrogens (tertiary/aromatic N) is 3. The van der Waals surface area contributed by atoms with Gasteiger partial charge in [0.1, 0.15) is 5.82 Å². The topological polar surface area (TPSA) is 111 Å². The van der Waals surface area contributed by atoms with Crippen LogP contribution in [0, 0.1) is 23.2 Å². The molecule has 2 N–H and O–H groups in total. The Kier molecular flexibility index (Phi) is 7.11. The number of alkyl carbamates (subject to hydrolysis) is 1. The highest BCUT2D eigenvalue weighted by Crippen LogP contribution is 2.35. The minimum absolute atomic E-state index is 0.0569. The Morgan fingerprint density at radius 1 is 1.43 bits per heavy atom. The number of aromatic nitrogens is 2. The quantitative estimate of drug-likeness (QED) is 0.664. The minimum Gasteiger partial charge on any atom is -0.453 e. The van der Waals surface area contributed by atoms with Gasteiger partial charge in [-0.25, -0.2) is 9.78 Å². The number of carbonyl (C=O) groups excluding carboxylic acids is 2. The van der Waals surface area contributed by atoms with E-state index < -0.39 is 6.09 Å². The van der Waals surface area contributed by atoms with Gasteiger partial charge in [-0.05, 0) is 30.0 Å². The number of imidazole rings is 1. The first kappa shape index (κ1) is 21.8. The summed E-state index contributed by atoms with van der Waals surface area (Å²) in [6.07, 6.45) is 2.04. The van der Waals surface area contributed by atoms with Crippen LogP contribution in [0.25, 0.3) is 11.3 Å².